The summed E-state index contributed by atoms with van der Waals surface area (Å²) in [5.41, 5.74) is 1.33. The molecule has 0 radical (unpaired) electrons. The minimum atomic E-state index is -3.96. The van der Waals surface area contributed by atoms with E-state index in [9.17, 15) is 13.2 Å². The number of nitrogens with zero attached hydrogens (tertiary/aromatic N) is 1. The Hall–Kier alpha value is -3.04. The zero-order valence-electron chi connectivity index (χ0n) is 19.2. The minimum absolute atomic E-state index is 0.115. The first-order chi connectivity index (χ1) is 16.2. The quantitative estimate of drug-likeness (QED) is 0.403. The normalized spacial score (nSPS) is 12.0. The van der Waals surface area contributed by atoms with Gasteiger partial charge < -0.3 is 14.8 Å². The lowest BCUT2D eigenvalue weighted by Crippen LogP contribution is -2.45. The Morgan fingerprint density at radius 2 is 1.56 bits per heavy atom. The zero-order chi connectivity index (χ0) is 24.7. The Bertz CT molecular complexity index is 1200. The van der Waals surface area contributed by atoms with Crippen LogP contribution in [0.15, 0.2) is 82.2 Å². The first kappa shape index (κ1) is 25.6. The van der Waals surface area contributed by atoms with Gasteiger partial charge in [0.15, 0.2) is 0 Å². The number of ether oxygens (including phenoxy) is 2. The van der Waals surface area contributed by atoms with Gasteiger partial charge in [0.2, 0.25) is 5.91 Å². The van der Waals surface area contributed by atoms with Crippen molar-refractivity contribution in [2.75, 3.05) is 24.6 Å². The van der Waals surface area contributed by atoms with E-state index in [1.54, 1.807) is 86.8 Å². The van der Waals surface area contributed by atoms with Gasteiger partial charge >= 0.3 is 0 Å². The smallest absolute Gasteiger partial charge is 0.264 e. The van der Waals surface area contributed by atoms with E-state index in [2.05, 4.69) is 21.2 Å². The molecule has 0 saturated carbocycles. The largest absolute Gasteiger partial charge is 0.497 e. The van der Waals surface area contributed by atoms with E-state index < -0.39 is 15.9 Å². The fourth-order valence-electron chi connectivity index (χ4n) is 3.15. The van der Waals surface area contributed by atoms with E-state index in [1.807, 2.05) is 6.92 Å². The van der Waals surface area contributed by atoms with Crippen LogP contribution in [0.4, 0.5) is 5.69 Å². The van der Waals surface area contributed by atoms with Gasteiger partial charge in [0, 0.05) is 4.47 Å². The predicted molar refractivity (Wildman–Crippen MR) is 136 cm³/mol. The van der Waals surface area contributed by atoms with Crippen molar-refractivity contribution in [3.05, 3.63) is 82.8 Å². The van der Waals surface area contributed by atoms with Crippen molar-refractivity contribution in [1.29, 1.82) is 0 Å². The minimum Gasteiger partial charge on any atom is -0.497 e. The number of aryl methyl sites for hydroxylation is 1. The van der Waals surface area contributed by atoms with E-state index in [4.69, 9.17) is 9.47 Å². The highest BCUT2D eigenvalue weighted by molar-refractivity contribution is 9.10. The fourth-order valence-corrected chi connectivity index (χ4v) is 4.83. The van der Waals surface area contributed by atoms with Crippen LogP contribution in [0.25, 0.3) is 0 Å². The molecule has 3 rings (SSSR count). The molecule has 0 spiro atoms. The van der Waals surface area contributed by atoms with Crippen LogP contribution in [0.2, 0.25) is 0 Å². The molecule has 180 valence electrons. The molecule has 0 aliphatic heterocycles. The summed E-state index contributed by atoms with van der Waals surface area (Å²) in [5.74, 6) is 0.918. The summed E-state index contributed by atoms with van der Waals surface area (Å²) in [7, 11) is -2.38. The maximum Gasteiger partial charge on any atom is 0.264 e. The molecular formula is C25H27BrN2O5S. The van der Waals surface area contributed by atoms with Crippen LogP contribution < -0.4 is 19.1 Å². The zero-order valence-corrected chi connectivity index (χ0v) is 21.6. The standard InChI is InChI=1S/C25H27BrN2O5S/c1-18-4-14-24(15-5-18)34(30,31)28(21-8-6-20(26)7-9-21)16-25(29)27-19(2)17-33-23-12-10-22(32-3)11-13-23/h4-15,19H,16-17H2,1-3H3,(H,27,29). The first-order valence-corrected chi connectivity index (χ1v) is 12.8. The third-order valence-electron chi connectivity index (χ3n) is 4.98. The van der Waals surface area contributed by atoms with E-state index in [1.165, 1.54) is 0 Å². The maximum absolute atomic E-state index is 13.4. The van der Waals surface area contributed by atoms with Gasteiger partial charge in [-0.3, -0.25) is 9.10 Å². The molecule has 0 fully saturated rings. The summed E-state index contributed by atoms with van der Waals surface area (Å²) in [6.07, 6.45) is 0. The first-order valence-electron chi connectivity index (χ1n) is 10.6. The van der Waals surface area contributed by atoms with Crippen molar-refractivity contribution in [3.63, 3.8) is 0 Å². The highest BCUT2D eigenvalue weighted by atomic mass is 79.9. The van der Waals surface area contributed by atoms with Gasteiger partial charge in [-0.25, -0.2) is 8.42 Å². The predicted octanol–water partition coefficient (Wildman–Crippen LogP) is 4.55. The number of methoxy groups -OCH3 is 1. The van der Waals surface area contributed by atoms with E-state index in [0.29, 0.717) is 11.4 Å². The van der Waals surface area contributed by atoms with Crippen molar-refractivity contribution < 1.29 is 22.7 Å². The van der Waals surface area contributed by atoms with Crippen LogP contribution in [0.5, 0.6) is 11.5 Å². The van der Waals surface area contributed by atoms with Gasteiger partial charge in [0.05, 0.1) is 23.7 Å². The fraction of sp³-hybridized carbons (Fsp3) is 0.240. The number of hydrogen-bond donors (Lipinski definition) is 1. The molecule has 1 atom stereocenters. The molecule has 1 N–H and O–H groups in total. The third-order valence-corrected chi connectivity index (χ3v) is 7.29. The van der Waals surface area contributed by atoms with Crippen molar-refractivity contribution in [2.24, 2.45) is 0 Å². The summed E-state index contributed by atoms with van der Waals surface area (Å²) < 4.78 is 39.6. The number of carbonyl (C=O) groups excluding carboxylic acids is 1. The molecule has 0 aliphatic rings. The van der Waals surface area contributed by atoms with Gasteiger partial charge in [-0.15, -0.1) is 0 Å². The van der Waals surface area contributed by atoms with E-state index >= 15 is 0 Å². The maximum atomic E-state index is 13.4. The number of nitrogens with one attached hydrogen (secondary N) is 1. The second-order valence-corrected chi connectivity index (χ2v) is 10.5. The number of benzene rings is 3. The van der Waals surface area contributed by atoms with Crippen LogP contribution in [0, 0.1) is 6.92 Å². The van der Waals surface area contributed by atoms with Gasteiger partial charge in [0.25, 0.3) is 10.0 Å². The topological polar surface area (TPSA) is 84.9 Å². The molecule has 3 aromatic rings. The summed E-state index contributed by atoms with van der Waals surface area (Å²) in [5, 5.41) is 2.81. The number of sulfonamides is 1. The van der Waals surface area contributed by atoms with E-state index in [0.717, 1.165) is 20.1 Å². The van der Waals surface area contributed by atoms with Gasteiger partial charge in [0.1, 0.15) is 24.7 Å². The second kappa shape index (κ2) is 11.4. The van der Waals surface area contributed by atoms with Crippen molar-refractivity contribution in [1.82, 2.24) is 5.32 Å². The molecule has 34 heavy (non-hydrogen) atoms. The molecule has 0 heterocycles. The highest BCUT2D eigenvalue weighted by Crippen LogP contribution is 2.25. The number of amides is 1. The molecule has 9 heteroatoms. The van der Waals surface area contributed by atoms with Crippen LogP contribution in [-0.2, 0) is 14.8 Å². The molecule has 3 aromatic carbocycles. The summed E-state index contributed by atoms with van der Waals surface area (Å²) in [6, 6.07) is 20.1. The molecule has 0 aromatic heterocycles. The number of rotatable bonds is 10. The number of halogens is 1. The highest BCUT2D eigenvalue weighted by Gasteiger charge is 2.27. The van der Waals surface area contributed by atoms with Crippen LogP contribution in [-0.4, -0.2) is 40.6 Å². The number of carbonyl (C=O) groups is 1. The van der Waals surface area contributed by atoms with Crippen molar-refractivity contribution in [3.8, 4) is 11.5 Å². The number of hydrogen-bond acceptors (Lipinski definition) is 5. The Morgan fingerprint density at radius 1 is 0.971 bits per heavy atom. The van der Waals surface area contributed by atoms with Crippen LogP contribution >= 0.6 is 15.9 Å². The van der Waals surface area contributed by atoms with Crippen LogP contribution in [0.1, 0.15) is 12.5 Å². The molecule has 1 unspecified atom stereocenters. The lowest BCUT2D eigenvalue weighted by Gasteiger charge is -2.25. The van der Waals surface area contributed by atoms with Gasteiger partial charge in [-0.1, -0.05) is 33.6 Å². The van der Waals surface area contributed by atoms with Crippen LogP contribution in [0.3, 0.4) is 0 Å². The molecule has 0 saturated heterocycles. The Balaban J connectivity index is 1.71. The molecule has 1 amide bonds. The average Bonchev–Trinajstić information content (AvgIpc) is 2.82. The molecular weight excluding hydrogens is 520 g/mol. The van der Waals surface area contributed by atoms with Gasteiger partial charge in [-0.05, 0) is 74.5 Å². The molecule has 0 bridgehead atoms. The van der Waals surface area contributed by atoms with E-state index in [-0.39, 0.29) is 24.1 Å². The summed E-state index contributed by atoms with van der Waals surface area (Å²) in [4.78, 5) is 12.9. The molecule has 7 nitrogen and oxygen atoms in total. The Labute approximate surface area is 208 Å². The Kier molecular flexibility index (Phi) is 8.57. The molecule has 0 aliphatic carbocycles. The number of anilines is 1. The third kappa shape index (κ3) is 6.74. The van der Waals surface area contributed by atoms with Gasteiger partial charge in [-0.2, -0.15) is 0 Å². The van der Waals surface area contributed by atoms with Crippen molar-refractivity contribution in [2.45, 2.75) is 24.8 Å². The lowest BCUT2D eigenvalue weighted by atomic mass is 10.2. The SMILES string of the molecule is COc1ccc(OCC(C)NC(=O)CN(c2ccc(Br)cc2)S(=O)(=O)c2ccc(C)cc2)cc1. The lowest BCUT2D eigenvalue weighted by molar-refractivity contribution is -0.120. The average molecular weight is 547 g/mol. The Morgan fingerprint density at radius 3 is 2.15 bits per heavy atom. The monoisotopic (exact) mass is 546 g/mol. The summed E-state index contributed by atoms with van der Waals surface area (Å²) >= 11 is 3.36. The summed E-state index contributed by atoms with van der Waals surface area (Å²) in [6.45, 7) is 3.53. The second-order valence-electron chi connectivity index (χ2n) is 7.76. The van der Waals surface area contributed by atoms with Crippen molar-refractivity contribution >= 4 is 37.5 Å².